The van der Waals surface area contributed by atoms with E-state index in [4.69, 9.17) is 11.5 Å². The van der Waals surface area contributed by atoms with E-state index in [1.54, 1.807) is 24.3 Å². The zero-order valence-electron chi connectivity index (χ0n) is 28.0. The molecule has 3 fully saturated rings. The maximum Gasteiger partial charge on any atom is 0.267 e. The van der Waals surface area contributed by atoms with Crippen LogP contribution in [0, 0.1) is 5.92 Å². The number of carbonyl (C=O) groups excluding carboxylic acids is 5. The number of nitrogens with zero attached hydrogens (tertiary/aromatic N) is 4. The molecule has 6 N–H and O–H groups in total. The van der Waals surface area contributed by atoms with E-state index in [2.05, 4.69) is 25.3 Å². The van der Waals surface area contributed by atoms with Gasteiger partial charge >= 0.3 is 0 Å². The first kappa shape index (κ1) is 34.9. The van der Waals surface area contributed by atoms with Crippen molar-refractivity contribution < 1.29 is 24.0 Å². The Bertz CT molecular complexity index is 1420. The van der Waals surface area contributed by atoms with E-state index >= 15 is 0 Å². The Hall–Kier alpha value is -4.39. The summed E-state index contributed by atoms with van der Waals surface area (Å²) in [5, 5.41) is 5.54. The first-order valence-electron chi connectivity index (χ1n) is 17.3. The van der Waals surface area contributed by atoms with Crippen LogP contribution in [0.3, 0.4) is 0 Å². The fourth-order valence-electron chi connectivity index (χ4n) is 7.30. The Kier molecular flexibility index (Phi) is 11.7. The van der Waals surface area contributed by atoms with Crippen molar-refractivity contribution in [3.63, 3.8) is 0 Å². The molecular weight excluding hydrogens is 612 g/mol. The standard InChI is InChI=1S/C35H50N8O5/c1-38-33(46)30(8-5-21-44)43-34(47)27-10-9-26(22-28(27)35(43)48)41-19-17-40(18-20-41)23-24-13-15-42(16-14-24)31(37)12-11-29(36)32(45)39-25-6-3-2-4-7-25/h9-12,21-22,24-25,30H,2-8,13-20,23,36-37H2,1H3,(H,38,46)(H,39,45)/b29-11-,31-12+. The molecule has 0 bridgehead atoms. The van der Waals surface area contributed by atoms with Gasteiger partial charge in [-0.15, -0.1) is 0 Å². The molecule has 1 aromatic rings. The summed E-state index contributed by atoms with van der Waals surface area (Å²) in [5.41, 5.74) is 14.0. The fourth-order valence-corrected chi connectivity index (χ4v) is 7.30. The number of carbonyl (C=O) groups is 5. The van der Waals surface area contributed by atoms with Gasteiger partial charge in [0.1, 0.15) is 12.3 Å². The SMILES string of the molecule is CNC(=O)C(CCC=O)N1C(=O)c2ccc(N3CCN(CC4CCN(/C(N)=C/C=C(\N)C(=O)NC5CCCCC5)CC4)CC3)cc2C1=O. The van der Waals surface area contributed by atoms with Gasteiger partial charge in [-0.1, -0.05) is 19.3 Å². The quantitative estimate of drug-likeness (QED) is 0.111. The number of nitrogens with two attached hydrogens (primary N) is 2. The van der Waals surface area contributed by atoms with Crippen molar-refractivity contribution in [2.24, 2.45) is 17.4 Å². The number of anilines is 1. The number of rotatable bonds is 12. The minimum Gasteiger partial charge on any atom is -0.394 e. The maximum absolute atomic E-state index is 13.3. The highest BCUT2D eigenvalue weighted by Gasteiger charge is 2.42. The molecule has 1 atom stereocenters. The number of piperazine rings is 1. The summed E-state index contributed by atoms with van der Waals surface area (Å²) < 4.78 is 0. The predicted octanol–water partition coefficient (Wildman–Crippen LogP) is 1.30. The second-order valence-electron chi connectivity index (χ2n) is 13.3. The lowest BCUT2D eigenvalue weighted by molar-refractivity contribution is -0.125. The lowest BCUT2D eigenvalue weighted by Crippen LogP contribution is -2.49. The first-order chi connectivity index (χ1) is 23.2. The van der Waals surface area contributed by atoms with Gasteiger partial charge in [0.25, 0.3) is 17.7 Å². The zero-order chi connectivity index (χ0) is 34.2. The van der Waals surface area contributed by atoms with Crippen LogP contribution in [0.15, 0.2) is 41.9 Å². The number of piperidine rings is 1. The average molecular weight is 663 g/mol. The van der Waals surface area contributed by atoms with Crippen LogP contribution in [0.5, 0.6) is 0 Å². The molecule has 0 spiro atoms. The molecule has 1 aromatic carbocycles. The number of amides is 4. The van der Waals surface area contributed by atoms with Gasteiger partial charge in [0.2, 0.25) is 5.91 Å². The van der Waals surface area contributed by atoms with Crippen LogP contribution in [0.25, 0.3) is 0 Å². The Labute approximate surface area is 282 Å². The number of likely N-dealkylation sites (N-methyl/N-ethyl adjacent to an activating group) is 1. The smallest absolute Gasteiger partial charge is 0.267 e. The molecule has 48 heavy (non-hydrogen) atoms. The lowest BCUT2D eigenvalue weighted by atomic mass is 9.95. The third-order valence-electron chi connectivity index (χ3n) is 10.2. The Morgan fingerprint density at radius 1 is 0.917 bits per heavy atom. The van der Waals surface area contributed by atoms with Crippen molar-refractivity contribution in [3.05, 3.63) is 53.0 Å². The Morgan fingerprint density at radius 2 is 1.60 bits per heavy atom. The van der Waals surface area contributed by atoms with E-state index in [0.717, 1.165) is 94.9 Å². The highest BCUT2D eigenvalue weighted by Crippen LogP contribution is 2.31. The number of hydrogen-bond acceptors (Lipinski definition) is 10. The lowest BCUT2D eigenvalue weighted by Gasteiger charge is -2.40. The molecule has 4 aliphatic rings. The van der Waals surface area contributed by atoms with Crippen LogP contribution in [0.4, 0.5) is 5.69 Å². The number of nitrogens with one attached hydrogen (secondary N) is 2. The Balaban J connectivity index is 1.08. The molecule has 1 unspecified atom stereocenters. The van der Waals surface area contributed by atoms with Gasteiger partial charge < -0.3 is 36.7 Å². The van der Waals surface area contributed by atoms with Crippen LogP contribution >= 0.6 is 0 Å². The summed E-state index contributed by atoms with van der Waals surface area (Å²) >= 11 is 0. The summed E-state index contributed by atoms with van der Waals surface area (Å²) in [6.45, 7) is 6.06. The van der Waals surface area contributed by atoms with Crippen LogP contribution in [-0.4, -0.2) is 110 Å². The van der Waals surface area contributed by atoms with E-state index in [0.29, 0.717) is 23.6 Å². The van der Waals surface area contributed by atoms with E-state index in [-0.39, 0.29) is 36.1 Å². The normalized spacial score (nSPS) is 20.9. The molecule has 5 rings (SSSR count). The van der Waals surface area contributed by atoms with Crippen molar-refractivity contribution in [2.45, 2.75) is 69.9 Å². The third kappa shape index (κ3) is 8.18. The summed E-state index contributed by atoms with van der Waals surface area (Å²) in [7, 11) is 1.45. The molecule has 0 radical (unpaired) electrons. The molecule has 0 aromatic heterocycles. The van der Waals surface area contributed by atoms with Crippen molar-refractivity contribution in [1.29, 1.82) is 0 Å². The summed E-state index contributed by atoms with van der Waals surface area (Å²) in [6.07, 6.45) is 11.8. The topological polar surface area (TPSA) is 174 Å². The van der Waals surface area contributed by atoms with Gasteiger partial charge in [0.15, 0.2) is 0 Å². The number of fused-ring (bicyclic) bond motifs is 1. The monoisotopic (exact) mass is 662 g/mol. The Morgan fingerprint density at radius 3 is 2.27 bits per heavy atom. The first-order valence-corrected chi connectivity index (χ1v) is 17.3. The van der Waals surface area contributed by atoms with Crippen molar-refractivity contribution in [2.75, 3.05) is 57.8 Å². The molecule has 13 heteroatoms. The van der Waals surface area contributed by atoms with Gasteiger partial charge in [0, 0.05) is 71.0 Å². The second-order valence-corrected chi connectivity index (χ2v) is 13.3. The van der Waals surface area contributed by atoms with Crippen molar-refractivity contribution in [1.82, 2.24) is 25.3 Å². The van der Waals surface area contributed by atoms with Crippen LogP contribution in [0.2, 0.25) is 0 Å². The van der Waals surface area contributed by atoms with E-state index in [9.17, 15) is 24.0 Å². The number of aldehydes is 1. The molecule has 260 valence electrons. The second kappa shape index (κ2) is 16.1. The molecule has 1 aliphatic carbocycles. The highest BCUT2D eigenvalue weighted by molar-refractivity contribution is 6.23. The van der Waals surface area contributed by atoms with Crippen molar-refractivity contribution in [3.8, 4) is 0 Å². The number of hydrogen-bond donors (Lipinski definition) is 4. The number of benzene rings is 1. The minimum atomic E-state index is -1.03. The summed E-state index contributed by atoms with van der Waals surface area (Å²) in [4.78, 5) is 70.2. The highest BCUT2D eigenvalue weighted by atomic mass is 16.2. The van der Waals surface area contributed by atoms with Gasteiger partial charge in [-0.2, -0.15) is 0 Å². The molecule has 3 heterocycles. The van der Waals surface area contributed by atoms with Crippen molar-refractivity contribution >= 4 is 35.6 Å². The largest absolute Gasteiger partial charge is 0.394 e. The molecular formula is C35H50N8O5. The van der Waals surface area contributed by atoms with E-state index in [1.165, 1.54) is 13.5 Å². The fraction of sp³-hybridized carbons (Fsp3) is 0.571. The maximum atomic E-state index is 13.3. The molecule has 1 saturated carbocycles. The van der Waals surface area contributed by atoms with Gasteiger partial charge in [-0.25, -0.2) is 0 Å². The van der Waals surface area contributed by atoms with E-state index < -0.39 is 23.8 Å². The third-order valence-corrected chi connectivity index (χ3v) is 10.2. The number of likely N-dealkylation sites (tertiary alicyclic amines) is 1. The van der Waals surface area contributed by atoms with Gasteiger partial charge in [-0.05, 0) is 68.4 Å². The minimum absolute atomic E-state index is 0.0694. The van der Waals surface area contributed by atoms with Crippen LogP contribution < -0.4 is 27.0 Å². The van der Waals surface area contributed by atoms with Crippen LogP contribution in [-0.2, 0) is 14.4 Å². The number of allylic oxidation sites excluding steroid dienone is 2. The summed E-state index contributed by atoms with van der Waals surface area (Å²) in [6, 6.07) is 4.47. The van der Waals surface area contributed by atoms with Crippen LogP contribution in [0.1, 0.15) is 78.5 Å². The van der Waals surface area contributed by atoms with E-state index in [1.807, 2.05) is 6.07 Å². The molecule has 13 nitrogen and oxygen atoms in total. The van der Waals surface area contributed by atoms with Gasteiger partial charge in [-0.3, -0.25) is 29.0 Å². The zero-order valence-corrected chi connectivity index (χ0v) is 28.0. The van der Waals surface area contributed by atoms with Gasteiger partial charge in [0.05, 0.1) is 22.6 Å². The number of imide groups is 1. The summed E-state index contributed by atoms with van der Waals surface area (Å²) in [5.74, 6) is -0.526. The predicted molar refractivity (Wildman–Crippen MR) is 183 cm³/mol. The average Bonchev–Trinajstić information content (AvgIpc) is 3.36. The molecule has 3 aliphatic heterocycles. The molecule has 4 amide bonds. The molecule has 2 saturated heterocycles.